The lowest BCUT2D eigenvalue weighted by molar-refractivity contribution is 0.0738. The Labute approximate surface area is 161 Å². The van der Waals surface area contributed by atoms with Gasteiger partial charge in [0.2, 0.25) is 0 Å². The fourth-order valence-electron chi connectivity index (χ4n) is 4.27. The van der Waals surface area contributed by atoms with Gasteiger partial charge in [-0.3, -0.25) is 9.59 Å². The van der Waals surface area contributed by atoms with Gasteiger partial charge in [-0.2, -0.15) is 0 Å². The van der Waals surface area contributed by atoms with Crippen LogP contribution in [0.3, 0.4) is 0 Å². The molecule has 6 heteroatoms. The van der Waals surface area contributed by atoms with E-state index in [9.17, 15) is 9.59 Å². The predicted molar refractivity (Wildman–Crippen MR) is 103 cm³/mol. The molecule has 0 aromatic heterocycles. The molecular weight excluding hydrogens is 342 g/mol. The zero-order valence-electron chi connectivity index (χ0n) is 16.0. The van der Waals surface area contributed by atoms with Crippen LogP contribution in [0.1, 0.15) is 52.0 Å². The molecule has 0 radical (unpaired) electrons. The van der Waals surface area contributed by atoms with Crippen LogP contribution in [0.4, 0.5) is 0 Å². The third-order valence-electron chi connectivity index (χ3n) is 5.88. The fraction of sp³-hybridized carbons (Fsp3) is 0.619. The molecule has 0 spiro atoms. The van der Waals surface area contributed by atoms with Gasteiger partial charge in [-0.05, 0) is 56.1 Å². The summed E-state index contributed by atoms with van der Waals surface area (Å²) >= 11 is 0. The average molecular weight is 371 g/mol. The number of carbonyl (C=O) groups excluding carboxylic acids is 2. The lowest BCUT2D eigenvalue weighted by Crippen LogP contribution is -2.38. The van der Waals surface area contributed by atoms with Gasteiger partial charge in [-0.15, -0.1) is 0 Å². The lowest BCUT2D eigenvalue weighted by Gasteiger charge is -2.28. The van der Waals surface area contributed by atoms with E-state index in [1.807, 2.05) is 21.9 Å². The number of benzene rings is 1. The van der Waals surface area contributed by atoms with Crippen molar-refractivity contribution in [2.75, 3.05) is 52.5 Å². The molecule has 0 atom stereocenters. The van der Waals surface area contributed by atoms with Crippen molar-refractivity contribution in [3.8, 4) is 0 Å². The number of fused-ring (bicyclic) bond motifs is 1. The number of ether oxygens (including phenoxy) is 1. The maximum absolute atomic E-state index is 12.8. The number of carbonyl (C=O) groups is 2. The van der Waals surface area contributed by atoms with E-state index in [0.717, 1.165) is 50.3 Å². The number of hydrogen-bond acceptors (Lipinski definition) is 4. The summed E-state index contributed by atoms with van der Waals surface area (Å²) < 4.78 is 5.44. The van der Waals surface area contributed by atoms with Gasteiger partial charge in [0.05, 0.1) is 6.61 Å². The van der Waals surface area contributed by atoms with Crippen molar-refractivity contribution < 1.29 is 14.3 Å². The van der Waals surface area contributed by atoms with Crippen LogP contribution in [0.25, 0.3) is 0 Å². The maximum atomic E-state index is 12.8. The van der Waals surface area contributed by atoms with Crippen LogP contribution >= 0.6 is 0 Å². The molecule has 2 fully saturated rings. The first kappa shape index (κ1) is 18.4. The Hall–Kier alpha value is -1.92. The second-order valence-electron chi connectivity index (χ2n) is 7.76. The summed E-state index contributed by atoms with van der Waals surface area (Å²) in [6, 6.07) is 5.56. The summed E-state index contributed by atoms with van der Waals surface area (Å²) in [6.45, 7) is 7.30. The molecular formula is C21H29N3O3. The van der Waals surface area contributed by atoms with Gasteiger partial charge in [0.15, 0.2) is 0 Å². The highest BCUT2D eigenvalue weighted by Gasteiger charge is 2.29. The Morgan fingerprint density at radius 3 is 2.67 bits per heavy atom. The topological polar surface area (TPSA) is 53.1 Å². The van der Waals surface area contributed by atoms with Crippen molar-refractivity contribution in [2.24, 2.45) is 0 Å². The second-order valence-corrected chi connectivity index (χ2v) is 7.76. The van der Waals surface area contributed by atoms with Gasteiger partial charge in [-0.25, -0.2) is 0 Å². The normalized spacial score (nSPS) is 21.3. The lowest BCUT2D eigenvalue weighted by atomic mass is 10.1. The van der Waals surface area contributed by atoms with Crippen LogP contribution in [-0.4, -0.2) is 79.0 Å². The summed E-state index contributed by atoms with van der Waals surface area (Å²) in [7, 11) is 0. The minimum Gasteiger partial charge on any atom is -0.380 e. The summed E-state index contributed by atoms with van der Waals surface area (Å²) in [5.74, 6) is 0.145. The molecule has 3 aliphatic heterocycles. The van der Waals surface area contributed by atoms with E-state index in [2.05, 4.69) is 4.90 Å². The molecule has 1 aromatic rings. The highest BCUT2D eigenvalue weighted by atomic mass is 16.5. The quantitative estimate of drug-likeness (QED) is 0.812. The van der Waals surface area contributed by atoms with E-state index >= 15 is 0 Å². The summed E-state index contributed by atoms with van der Waals surface area (Å²) in [5.41, 5.74) is 2.42. The first-order valence-electron chi connectivity index (χ1n) is 10.2. The SMILES string of the molecule is O=C(c1ccc2c(c1)CN(CCN1CCCCC1)C2=O)N1CCCOCC1. The Morgan fingerprint density at radius 2 is 1.81 bits per heavy atom. The van der Waals surface area contributed by atoms with E-state index in [1.165, 1.54) is 19.3 Å². The first-order chi connectivity index (χ1) is 13.2. The van der Waals surface area contributed by atoms with Crippen LogP contribution < -0.4 is 0 Å². The number of hydrogen-bond donors (Lipinski definition) is 0. The second kappa shape index (κ2) is 8.40. The highest BCUT2D eigenvalue weighted by molar-refractivity contribution is 6.01. The van der Waals surface area contributed by atoms with Gasteiger partial charge >= 0.3 is 0 Å². The van der Waals surface area contributed by atoms with Gasteiger partial charge in [0.1, 0.15) is 0 Å². The van der Waals surface area contributed by atoms with E-state index in [4.69, 9.17) is 4.74 Å². The monoisotopic (exact) mass is 371 g/mol. The minimum atomic E-state index is 0.0440. The molecule has 6 nitrogen and oxygen atoms in total. The van der Waals surface area contributed by atoms with Crippen LogP contribution in [-0.2, 0) is 11.3 Å². The number of likely N-dealkylation sites (tertiary alicyclic amines) is 1. The van der Waals surface area contributed by atoms with E-state index in [1.54, 1.807) is 6.07 Å². The smallest absolute Gasteiger partial charge is 0.254 e. The zero-order chi connectivity index (χ0) is 18.6. The average Bonchev–Trinajstić information content (AvgIpc) is 2.88. The Morgan fingerprint density at radius 1 is 0.963 bits per heavy atom. The predicted octanol–water partition coefficient (Wildman–Crippen LogP) is 1.99. The molecule has 3 heterocycles. The minimum absolute atomic E-state index is 0.0440. The molecule has 4 rings (SSSR count). The van der Waals surface area contributed by atoms with E-state index in [0.29, 0.717) is 31.9 Å². The molecule has 27 heavy (non-hydrogen) atoms. The van der Waals surface area contributed by atoms with E-state index < -0.39 is 0 Å². The molecule has 146 valence electrons. The third kappa shape index (κ3) is 4.17. The summed E-state index contributed by atoms with van der Waals surface area (Å²) in [6.07, 6.45) is 4.73. The first-order valence-corrected chi connectivity index (χ1v) is 10.2. The van der Waals surface area contributed by atoms with Gasteiger partial charge in [0, 0.05) is 50.5 Å². The van der Waals surface area contributed by atoms with Crippen molar-refractivity contribution in [1.82, 2.24) is 14.7 Å². The molecule has 0 bridgehead atoms. The maximum Gasteiger partial charge on any atom is 0.254 e. The van der Waals surface area contributed by atoms with Crippen molar-refractivity contribution in [3.63, 3.8) is 0 Å². The summed E-state index contributed by atoms with van der Waals surface area (Å²) in [4.78, 5) is 31.7. The van der Waals surface area contributed by atoms with Crippen LogP contribution in [0.5, 0.6) is 0 Å². The van der Waals surface area contributed by atoms with Crippen molar-refractivity contribution >= 4 is 11.8 Å². The number of amides is 2. The molecule has 0 unspecified atom stereocenters. The molecule has 2 amide bonds. The fourth-order valence-corrected chi connectivity index (χ4v) is 4.27. The van der Waals surface area contributed by atoms with Gasteiger partial charge in [0.25, 0.3) is 11.8 Å². The van der Waals surface area contributed by atoms with Crippen molar-refractivity contribution in [3.05, 3.63) is 34.9 Å². The number of rotatable bonds is 4. The Kier molecular flexibility index (Phi) is 5.74. The van der Waals surface area contributed by atoms with Crippen molar-refractivity contribution in [1.29, 1.82) is 0 Å². The zero-order valence-corrected chi connectivity index (χ0v) is 16.0. The molecule has 2 saturated heterocycles. The van der Waals surface area contributed by atoms with Crippen LogP contribution in [0.15, 0.2) is 18.2 Å². The Bertz CT molecular complexity index is 692. The van der Waals surface area contributed by atoms with Gasteiger partial charge < -0.3 is 19.4 Å². The van der Waals surface area contributed by atoms with Crippen LogP contribution in [0.2, 0.25) is 0 Å². The molecule has 0 aliphatic carbocycles. The van der Waals surface area contributed by atoms with E-state index in [-0.39, 0.29) is 11.8 Å². The third-order valence-corrected chi connectivity index (χ3v) is 5.88. The molecule has 1 aromatic carbocycles. The largest absolute Gasteiger partial charge is 0.380 e. The summed E-state index contributed by atoms with van der Waals surface area (Å²) in [5, 5.41) is 0. The van der Waals surface area contributed by atoms with Crippen molar-refractivity contribution in [2.45, 2.75) is 32.2 Å². The highest BCUT2D eigenvalue weighted by Crippen LogP contribution is 2.25. The molecule has 0 N–H and O–H groups in total. The van der Waals surface area contributed by atoms with Crippen LogP contribution in [0, 0.1) is 0 Å². The van der Waals surface area contributed by atoms with Gasteiger partial charge in [-0.1, -0.05) is 6.42 Å². The number of nitrogens with zero attached hydrogens (tertiary/aromatic N) is 3. The standard InChI is InChI=1S/C21H29N3O3/c25-20(23-9-4-13-27-14-12-23)17-5-6-19-18(15-17)16-24(21(19)26)11-10-22-7-2-1-3-8-22/h5-6,15H,1-4,7-14,16H2. The number of piperidine rings is 1. The Balaban J connectivity index is 1.40. The molecule has 0 saturated carbocycles. The molecule has 3 aliphatic rings.